The van der Waals surface area contributed by atoms with Gasteiger partial charge in [0.1, 0.15) is 5.69 Å². The van der Waals surface area contributed by atoms with Crippen LogP contribution in [0.5, 0.6) is 0 Å². The third kappa shape index (κ3) is 4.28. The Kier molecular flexibility index (Phi) is 5.59. The summed E-state index contributed by atoms with van der Waals surface area (Å²) < 4.78 is 29.3. The predicted molar refractivity (Wildman–Crippen MR) is 111 cm³/mol. The van der Waals surface area contributed by atoms with Crippen LogP contribution in [0.1, 0.15) is 58.2 Å². The van der Waals surface area contributed by atoms with Crippen LogP contribution in [-0.4, -0.2) is 36.4 Å². The molecule has 0 spiro atoms. The first kappa shape index (κ1) is 20.6. The molecule has 0 radical (unpaired) electrons. The summed E-state index contributed by atoms with van der Waals surface area (Å²) in [6.45, 7) is 11.5. The van der Waals surface area contributed by atoms with Gasteiger partial charge in [0.15, 0.2) is 12.1 Å². The van der Waals surface area contributed by atoms with E-state index in [0.29, 0.717) is 6.61 Å². The molecule has 156 valence electrons. The van der Waals surface area contributed by atoms with Crippen molar-refractivity contribution in [3.8, 4) is 11.3 Å². The lowest BCUT2D eigenvalue weighted by Crippen LogP contribution is -2.41. The summed E-state index contributed by atoms with van der Waals surface area (Å²) in [5.74, 6) is 0.728. The maximum absolute atomic E-state index is 6.16. The second-order valence-electron chi connectivity index (χ2n) is 8.95. The number of hydrogen-bond acceptors (Lipinski definition) is 6. The highest BCUT2D eigenvalue weighted by molar-refractivity contribution is 6.62. The highest BCUT2D eigenvalue weighted by Crippen LogP contribution is 2.36. The van der Waals surface area contributed by atoms with Crippen LogP contribution in [-0.2, 0) is 25.4 Å². The van der Waals surface area contributed by atoms with Crippen LogP contribution < -0.4 is 5.46 Å². The Balaban J connectivity index is 1.44. The number of aryl methyl sites for hydroxylation is 1. The molecule has 2 aromatic rings. The highest BCUT2D eigenvalue weighted by Gasteiger charge is 2.51. The van der Waals surface area contributed by atoms with E-state index in [1.165, 1.54) is 0 Å². The van der Waals surface area contributed by atoms with Gasteiger partial charge in [0, 0.05) is 18.2 Å². The first-order chi connectivity index (χ1) is 13.7. The van der Waals surface area contributed by atoms with Gasteiger partial charge < -0.3 is 23.3 Å². The van der Waals surface area contributed by atoms with Gasteiger partial charge in [-0.2, -0.15) is 0 Å². The minimum atomic E-state index is -0.373. The van der Waals surface area contributed by atoms with Crippen molar-refractivity contribution in [2.75, 3.05) is 6.61 Å². The third-order valence-electron chi connectivity index (χ3n) is 6.16. The van der Waals surface area contributed by atoms with Crippen molar-refractivity contribution in [1.82, 2.24) is 5.16 Å². The molecular formula is C22H30BNO5. The van der Waals surface area contributed by atoms with E-state index < -0.39 is 0 Å². The fraction of sp³-hybridized carbons (Fsp3) is 0.591. The summed E-state index contributed by atoms with van der Waals surface area (Å²) >= 11 is 0. The number of nitrogens with zero attached hydrogens (tertiary/aromatic N) is 1. The summed E-state index contributed by atoms with van der Waals surface area (Å²) in [5.41, 5.74) is 3.14. The normalized spacial score (nSPS) is 23.5. The van der Waals surface area contributed by atoms with Crippen molar-refractivity contribution < 1.29 is 23.3 Å². The van der Waals surface area contributed by atoms with Crippen LogP contribution in [0.2, 0.25) is 0 Å². The summed E-state index contributed by atoms with van der Waals surface area (Å²) in [5, 5.41) is 4.15. The fourth-order valence-electron chi connectivity index (χ4n) is 3.62. The largest absolute Gasteiger partial charge is 0.494 e. The van der Waals surface area contributed by atoms with E-state index in [0.717, 1.165) is 53.9 Å². The van der Waals surface area contributed by atoms with Gasteiger partial charge >= 0.3 is 7.12 Å². The van der Waals surface area contributed by atoms with E-state index in [1.54, 1.807) is 0 Å². The maximum atomic E-state index is 6.16. The Hall–Kier alpha value is -1.67. The molecular weight excluding hydrogens is 369 g/mol. The molecule has 6 nitrogen and oxygen atoms in total. The van der Waals surface area contributed by atoms with Crippen molar-refractivity contribution in [3.63, 3.8) is 0 Å². The molecule has 0 N–H and O–H groups in total. The molecule has 1 unspecified atom stereocenters. The van der Waals surface area contributed by atoms with Crippen LogP contribution in [0.25, 0.3) is 11.3 Å². The van der Waals surface area contributed by atoms with E-state index in [2.05, 4.69) is 45.8 Å². The van der Waals surface area contributed by atoms with Crippen LogP contribution >= 0.6 is 0 Å². The van der Waals surface area contributed by atoms with Crippen LogP contribution in [0, 0.1) is 6.92 Å². The molecule has 0 saturated carbocycles. The van der Waals surface area contributed by atoms with Gasteiger partial charge in [-0.05, 0) is 64.9 Å². The zero-order chi connectivity index (χ0) is 20.6. The monoisotopic (exact) mass is 399 g/mol. The van der Waals surface area contributed by atoms with Gasteiger partial charge in [-0.3, -0.25) is 0 Å². The fourth-order valence-corrected chi connectivity index (χ4v) is 3.62. The number of rotatable bonds is 5. The topological polar surface area (TPSA) is 63.0 Å². The number of hydrogen-bond donors (Lipinski definition) is 0. The summed E-state index contributed by atoms with van der Waals surface area (Å²) in [4.78, 5) is 0. The molecule has 7 heteroatoms. The third-order valence-corrected chi connectivity index (χ3v) is 6.16. The lowest BCUT2D eigenvalue weighted by molar-refractivity contribution is -0.169. The molecule has 0 amide bonds. The van der Waals surface area contributed by atoms with Gasteiger partial charge in [-0.1, -0.05) is 23.4 Å². The zero-order valence-corrected chi connectivity index (χ0v) is 18.0. The quantitative estimate of drug-likeness (QED) is 0.709. The molecule has 2 fully saturated rings. The molecule has 1 atom stereocenters. The molecule has 1 aromatic heterocycles. The van der Waals surface area contributed by atoms with Crippen LogP contribution in [0.4, 0.5) is 0 Å². The Morgan fingerprint density at radius 2 is 1.86 bits per heavy atom. The number of aromatic nitrogens is 1. The van der Waals surface area contributed by atoms with Gasteiger partial charge in [-0.25, -0.2) is 0 Å². The summed E-state index contributed by atoms with van der Waals surface area (Å²) in [7, 11) is -0.373. The average Bonchev–Trinajstić information content (AvgIpc) is 3.22. The second kappa shape index (κ2) is 7.87. The molecule has 0 aliphatic carbocycles. The molecule has 29 heavy (non-hydrogen) atoms. The van der Waals surface area contributed by atoms with E-state index in [9.17, 15) is 0 Å². The Morgan fingerprint density at radius 3 is 2.52 bits per heavy atom. The van der Waals surface area contributed by atoms with Gasteiger partial charge in [0.05, 0.1) is 17.8 Å². The average molecular weight is 399 g/mol. The van der Waals surface area contributed by atoms with Crippen LogP contribution in [0.3, 0.4) is 0 Å². The smallest absolute Gasteiger partial charge is 0.399 e. The van der Waals surface area contributed by atoms with Crippen LogP contribution in [0.15, 0.2) is 28.8 Å². The van der Waals surface area contributed by atoms with Crippen molar-refractivity contribution in [1.29, 1.82) is 0 Å². The molecule has 1 aromatic carbocycles. The summed E-state index contributed by atoms with van der Waals surface area (Å²) in [6, 6.07) is 8.08. The minimum Gasteiger partial charge on any atom is -0.399 e. The first-order valence-electron chi connectivity index (χ1n) is 10.4. The Labute approximate surface area is 173 Å². The number of benzene rings is 1. The molecule has 0 bridgehead atoms. The maximum Gasteiger partial charge on any atom is 0.494 e. The lowest BCUT2D eigenvalue weighted by atomic mass is 9.77. The molecule has 4 rings (SSSR count). The van der Waals surface area contributed by atoms with Crippen molar-refractivity contribution >= 4 is 12.6 Å². The first-order valence-corrected chi connectivity index (χ1v) is 10.4. The second-order valence-corrected chi connectivity index (χ2v) is 8.95. The van der Waals surface area contributed by atoms with Gasteiger partial charge in [0.25, 0.3) is 0 Å². The van der Waals surface area contributed by atoms with Crippen molar-refractivity contribution in [3.05, 3.63) is 35.5 Å². The summed E-state index contributed by atoms with van der Waals surface area (Å²) in [6.07, 6.45) is 3.05. The lowest BCUT2D eigenvalue weighted by Gasteiger charge is -2.32. The van der Waals surface area contributed by atoms with Crippen molar-refractivity contribution in [2.24, 2.45) is 0 Å². The molecule has 2 saturated heterocycles. The predicted octanol–water partition coefficient (Wildman–Crippen LogP) is 3.99. The van der Waals surface area contributed by atoms with Gasteiger partial charge in [-0.15, -0.1) is 0 Å². The molecule has 2 aliphatic heterocycles. The Morgan fingerprint density at radius 1 is 1.10 bits per heavy atom. The van der Waals surface area contributed by atoms with E-state index >= 15 is 0 Å². The Bertz CT molecular complexity index is 841. The highest BCUT2D eigenvalue weighted by atomic mass is 16.7. The van der Waals surface area contributed by atoms with Crippen molar-refractivity contribution in [2.45, 2.75) is 78.0 Å². The zero-order valence-electron chi connectivity index (χ0n) is 18.0. The molecule has 2 aliphatic rings. The van der Waals surface area contributed by atoms with E-state index in [-0.39, 0.29) is 24.6 Å². The SMILES string of the molecule is Cc1cc(B2OC(C)(C)C(C)(C)O2)ccc1-c1cc(COC2CCCCO2)no1. The molecule has 3 heterocycles. The van der Waals surface area contributed by atoms with Gasteiger partial charge in [0.2, 0.25) is 0 Å². The minimum absolute atomic E-state index is 0.134. The standard InChI is InChI=1S/C22H30BNO5/c1-15-12-16(23-28-21(2,3)22(4,5)29-23)9-10-18(15)19-13-17(24-27-19)14-26-20-8-6-7-11-25-20/h9-10,12-13,20H,6-8,11,14H2,1-5H3. The van der Waals surface area contributed by atoms with E-state index in [1.807, 2.05) is 18.2 Å². The van der Waals surface area contributed by atoms with E-state index in [4.69, 9.17) is 23.3 Å². The number of ether oxygens (including phenoxy) is 2.